The van der Waals surface area contributed by atoms with Crippen LogP contribution in [0.2, 0.25) is 0 Å². The number of aliphatic hydroxyl groups excluding tert-OH is 3. The summed E-state index contributed by atoms with van der Waals surface area (Å²) in [7, 11) is 5.54. The van der Waals surface area contributed by atoms with Gasteiger partial charge < -0.3 is 58.3 Å². The van der Waals surface area contributed by atoms with Gasteiger partial charge in [0.2, 0.25) is 6.29 Å². The summed E-state index contributed by atoms with van der Waals surface area (Å²) in [5.74, 6) is -2.05. The van der Waals surface area contributed by atoms with E-state index in [0.29, 0.717) is 16.9 Å². The second-order valence-corrected chi connectivity index (χ2v) is 11.6. The van der Waals surface area contributed by atoms with E-state index < -0.39 is 66.5 Å². The van der Waals surface area contributed by atoms with Crippen molar-refractivity contribution in [1.82, 2.24) is 0 Å². The van der Waals surface area contributed by atoms with E-state index in [4.69, 9.17) is 37.9 Å². The molecule has 0 bridgehead atoms. The molecule has 252 valence electrons. The third-order valence-corrected chi connectivity index (χ3v) is 9.25. The maximum Gasteiger partial charge on any atom is 0.312 e. The van der Waals surface area contributed by atoms with Crippen LogP contribution in [0.5, 0.6) is 23.0 Å². The summed E-state index contributed by atoms with van der Waals surface area (Å²) in [5.41, 5.74) is -2.88. The minimum Gasteiger partial charge on any atom is -0.497 e. The second kappa shape index (κ2) is 12.9. The zero-order valence-electron chi connectivity index (χ0n) is 26.3. The first-order valence-corrected chi connectivity index (χ1v) is 15.0. The molecule has 3 aliphatic rings. The first-order valence-electron chi connectivity index (χ1n) is 15.0. The SMILES string of the molecule is COC(=O)[C@@H]1C(c2ccccc2)C2(c3ccc(OC)cc3)Oc3cc(OC4OC([C@@H](O)CO)CO[C@H]4OC)cc(OC)c3C2(O)[C@@H]1O. The Balaban J connectivity index is 1.52. The van der Waals surface area contributed by atoms with Gasteiger partial charge in [-0.3, -0.25) is 4.79 Å². The minimum atomic E-state index is -2.25. The number of benzene rings is 3. The number of methoxy groups -OCH3 is 4. The molecule has 9 atom stereocenters. The molecule has 0 amide bonds. The maximum atomic E-state index is 13.5. The van der Waals surface area contributed by atoms with Crippen LogP contribution in [0.3, 0.4) is 0 Å². The van der Waals surface area contributed by atoms with Gasteiger partial charge in [0, 0.05) is 25.2 Å². The number of fused-ring (bicyclic) bond motifs is 3. The van der Waals surface area contributed by atoms with Gasteiger partial charge in [0.05, 0.1) is 46.0 Å². The lowest BCUT2D eigenvalue weighted by Crippen LogP contribution is -2.52. The highest BCUT2D eigenvalue weighted by Gasteiger charge is 2.78. The average molecular weight is 655 g/mol. The third-order valence-electron chi connectivity index (χ3n) is 9.25. The van der Waals surface area contributed by atoms with Crippen LogP contribution in [-0.4, -0.2) is 98.9 Å². The molecule has 5 unspecified atom stereocenters. The number of aliphatic hydroxyl groups is 4. The molecule has 2 heterocycles. The number of hydrogen-bond donors (Lipinski definition) is 4. The monoisotopic (exact) mass is 654 g/mol. The Labute approximate surface area is 271 Å². The van der Waals surface area contributed by atoms with Gasteiger partial charge in [0.25, 0.3) is 6.29 Å². The fraction of sp³-hybridized carbons (Fsp3) is 0.441. The molecule has 1 saturated carbocycles. The number of hydrogen-bond acceptors (Lipinski definition) is 13. The lowest BCUT2D eigenvalue weighted by atomic mass is 9.70. The van der Waals surface area contributed by atoms with Crippen molar-refractivity contribution >= 4 is 5.97 Å². The van der Waals surface area contributed by atoms with E-state index in [1.165, 1.54) is 40.6 Å². The summed E-state index contributed by atoms with van der Waals surface area (Å²) in [6.07, 6.45) is -6.03. The van der Waals surface area contributed by atoms with Crippen LogP contribution in [0.25, 0.3) is 0 Å². The lowest BCUT2D eigenvalue weighted by Gasteiger charge is -2.40. The number of ether oxygens (including phenoxy) is 8. The maximum absolute atomic E-state index is 13.5. The van der Waals surface area contributed by atoms with Gasteiger partial charge in [0.1, 0.15) is 41.3 Å². The molecular formula is C34H38O13. The molecule has 13 heteroatoms. The number of rotatable bonds is 10. The van der Waals surface area contributed by atoms with E-state index >= 15 is 0 Å². The quantitative estimate of drug-likeness (QED) is 0.233. The van der Waals surface area contributed by atoms with Crippen molar-refractivity contribution in [3.63, 3.8) is 0 Å². The van der Waals surface area contributed by atoms with Gasteiger partial charge in [-0.1, -0.05) is 42.5 Å². The molecule has 13 nitrogen and oxygen atoms in total. The van der Waals surface area contributed by atoms with Crippen molar-refractivity contribution in [2.75, 3.05) is 41.7 Å². The first kappa shape index (κ1) is 33.0. The Morgan fingerprint density at radius 1 is 0.979 bits per heavy atom. The van der Waals surface area contributed by atoms with E-state index in [1.807, 2.05) is 6.07 Å². The van der Waals surface area contributed by atoms with Crippen molar-refractivity contribution in [3.8, 4) is 23.0 Å². The highest BCUT2D eigenvalue weighted by Crippen LogP contribution is 2.70. The highest BCUT2D eigenvalue weighted by atomic mass is 16.8. The van der Waals surface area contributed by atoms with E-state index in [-0.39, 0.29) is 29.4 Å². The number of esters is 1. The molecule has 2 aliphatic heterocycles. The molecule has 0 aromatic heterocycles. The molecule has 47 heavy (non-hydrogen) atoms. The fourth-order valence-electron chi connectivity index (χ4n) is 7.11. The zero-order valence-corrected chi connectivity index (χ0v) is 26.3. The molecule has 0 spiro atoms. The first-order chi connectivity index (χ1) is 22.7. The Bertz CT molecular complexity index is 1570. The zero-order chi connectivity index (χ0) is 33.5. The van der Waals surface area contributed by atoms with E-state index in [1.54, 1.807) is 48.5 Å². The fourth-order valence-corrected chi connectivity index (χ4v) is 7.11. The van der Waals surface area contributed by atoms with Crippen LogP contribution < -0.4 is 18.9 Å². The smallest absolute Gasteiger partial charge is 0.312 e. The standard InChI is InChI=1S/C34H38O13/c1-40-20-12-10-19(11-13-20)34-27(18-8-6-5-7-9-18)26(30(38)42-3)29(37)33(34,39)28-23(41-2)14-21(15-24(28)47-34)45-32-31(43-4)44-17-25(46-32)22(36)16-35/h5-15,22,25-27,29,31-32,35-37,39H,16-17H2,1-4H3/t22-,25?,26+,27?,29+,31+,32?,33?,34?/m0/s1. The Morgan fingerprint density at radius 2 is 1.70 bits per heavy atom. The molecule has 3 aromatic rings. The molecule has 6 rings (SSSR count). The third kappa shape index (κ3) is 5.10. The molecule has 2 fully saturated rings. The van der Waals surface area contributed by atoms with Crippen LogP contribution in [0, 0.1) is 5.92 Å². The number of carbonyl (C=O) groups is 1. The Hall–Kier alpha value is -3.95. The summed E-state index contributed by atoms with van der Waals surface area (Å²) in [6.45, 7) is -0.601. The van der Waals surface area contributed by atoms with Crippen LogP contribution >= 0.6 is 0 Å². The van der Waals surface area contributed by atoms with Crippen molar-refractivity contribution in [2.45, 2.75) is 48.0 Å². The van der Waals surface area contributed by atoms with Crippen LogP contribution in [-0.2, 0) is 34.9 Å². The minimum absolute atomic E-state index is 0.0474. The van der Waals surface area contributed by atoms with E-state index in [2.05, 4.69) is 0 Å². The molecule has 4 N–H and O–H groups in total. The van der Waals surface area contributed by atoms with Gasteiger partial charge in [-0.2, -0.15) is 0 Å². The summed E-state index contributed by atoms with van der Waals surface area (Å²) >= 11 is 0. The van der Waals surface area contributed by atoms with Gasteiger partial charge in [0.15, 0.2) is 11.2 Å². The van der Waals surface area contributed by atoms with Gasteiger partial charge >= 0.3 is 5.97 Å². The van der Waals surface area contributed by atoms with Crippen LogP contribution in [0.4, 0.5) is 0 Å². The number of carbonyl (C=O) groups excluding carboxylic acids is 1. The topological polar surface area (TPSA) is 172 Å². The van der Waals surface area contributed by atoms with E-state index in [9.17, 15) is 25.2 Å². The molecule has 1 saturated heterocycles. The predicted molar refractivity (Wildman–Crippen MR) is 162 cm³/mol. The van der Waals surface area contributed by atoms with Gasteiger partial charge in [-0.15, -0.1) is 0 Å². The second-order valence-electron chi connectivity index (χ2n) is 11.6. The summed E-state index contributed by atoms with van der Waals surface area (Å²) in [6, 6.07) is 18.8. The summed E-state index contributed by atoms with van der Waals surface area (Å²) in [5, 5.41) is 44.7. The molecule has 1 aliphatic carbocycles. The Morgan fingerprint density at radius 3 is 2.32 bits per heavy atom. The lowest BCUT2D eigenvalue weighted by molar-refractivity contribution is -0.324. The molecule has 3 aromatic carbocycles. The summed E-state index contributed by atoms with van der Waals surface area (Å²) in [4.78, 5) is 13.5. The van der Waals surface area contributed by atoms with Crippen molar-refractivity contribution in [1.29, 1.82) is 0 Å². The molecule has 0 radical (unpaired) electrons. The average Bonchev–Trinajstić information content (AvgIpc) is 3.49. The predicted octanol–water partition coefficient (Wildman–Crippen LogP) is 1.57. The van der Waals surface area contributed by atoms with Crippen molar-refractivity contribution in [2.24, 2.45) is 5.92 Å². The highest BCUT2D eigenvalue weighted by molar-refractivity contribution is 5.78. The largest absolute Gasteiger partial charge is 0.497 e. The van der Waals surface area contributed by atoms with Crippen LogP contribution in [0.15, 0.2) is 66.7 Å². The Kier molecular flexibility index (Phi) is 9.06. The van der Waals surface area contributed by atoms with Crippen LogP contribution in [0.1, 0.15) is 22.6 Å². The van der Waals surface area contributed by atoms with Crippen molar-refractivity contribution < 1.29 is 63.1 Å². The molecular weight excluding hydrogens is 616 g/mol. The summed E-state index contributed by atoms with van der Waals surface area (Å²) < 4.78 is 46.2. The van der Waals surface area contributed by atoms with Gasteiger partial charge in [-0.25, -0.2) is 0 Å². The van der Waals surface area contributed by atoms with Crippen molar-refractivity contribution in [3.05, 3.63) is 83.4 Å². The van der Waals surface area contributed by atoms with E-state index in [0.717, 1.165) is 0 Å². The van der Waals surface area contributed by atoms with Gasteiger partial charge in [-0.05, 0) is 23.3 Å². The normalized spacial score (nSPS) is 31.7.